The zero-order valence-electron chi connectivity index (χ0n) is 8.75. The minimum Gasteiger partial charge on any atom is -0.496 e. The number of nitrogens with zero attached hydrogens (tertiary/aromatic N) is 2. The van der Waals surface area contributed by atoms with Crippen LogP contribution < -0.4 is 16.0 Å². The first-order chi connectivity index (χ1) is 7.86. The predicted molar refractivity (Wildman–Crippen MR) is 62.1 cm³/mol. The minimum absolute atomic E-state index is 0.199. The van der Waals surface area contributed by atoms with Crippen molar-refractivity contribution >= 4 is 11.7 Å². The summed E-state index contributed by atoms with van der Waals surface area (Å²) in [6.07, 6.45) is 1.70. The number of aromatic nitrogens is 2. The van der Waals surface area contributed by atoms with Crippen molar-refractivity contribution in [2.45, 2.75) is 6.04 Å². The Kier molecular flexibility index (Phi) is 3.45. The molecule has 0 aliphatic rings. The van der Waals surface area contributed by atoms with E-state index in [1.165, 1.54) is 0 Å². The molecule has 0 spiro atoms. The maximum Gasteiger partial charge on any atom is 0.124 e. The Morgan fingerprint density at radius 1 is 1.44 bits per heavy atom. The highest BCUT2D eigenvalue weighted by Gasteiger charge is 2.18. The normalized spacial score (nSPS) is 12.4. The average Bonchev–Trinajstić information content (AvgIpc) is 2.84. The molecule has 0 radical (unpaired) electrons. The Morgan fingerprint density at radius 2 is 2.25 bits per heavy atom. The van der Waals surface area contributed by atoms with Crippen molar-refractivity contribution in [1.29, 1.82) is 0 Å². The van der Waals surface area contributed by atoms with Crippen molar-refractivity contribution < 1.29 is 4.74 Å². The monoisotopic (exact) mass is 236 g/mol. The highest BCUT2D eigenvalue weighted by atomic mass is 32.1. The summed E-state index contributed by atoms with van der Waals surface area (Å²) in [5, 5.41) is 0. The molecule has 1 atom stereocenters. The van der Waals surface area contributed by atoms with E-state index in [1.807, 2.05) is 24.3 Å². The van der Waals surface area contributed by atoms with Crippen molar-refractivity contribution in [1.82, 2.24) is 14.2 Å². The number of benzene rings is 1. The zero-order valence-corrected chi connectivity index (χ0v) is 9.57. The number of para-hydroxylation sites is 1. The number of rotatable bonds is 4. The van der Waals surface area contributed by atoms with Gasteiger partial charge in [-0.25, -0.2) is 5.43 Å². The molecular weight excluding hydrogens is 224 g/mol. The van der Waals surface area contributed by atoms with Gasteiger partial charge in [-0.2, -0.15) is 8.75 Å². The van der Waals surface area contributed by atoms with E-state index in [2.05, 4.69) is 14.2 Å². The van der Waals surface area contributed by atoms with Crippen LogP contribution in [0.15, 0.2) is 30.5 Å². The number of nitrogens with two attached hydrogens (primary N) is 1. The van der Waals surface area contributed by atoms with E-state index in [1.54, 1.807) is 13.3 Å². The topological polar surface area (TPSA) is 73.1 Å². The number of ether oxygens (including phenoxy) is 1. The highest BCUT2D eigenvalue weighted by Crippen LogP contribution is 2.28. The van der Waals surface area contributed by atoms with Gasteiger partial charge in [0.15, 0.2) is 0 Å². The summed E-state index contributed by atoms with van der Waals surface area (Å²) < 4.78 is 13.4. The molecule has 16 heavy (non-hydrogen) atoms. The number of nitrogens with one attached hydrogen (secondary N) is 1. The predicted octanol–water partition coefficient (Wildman–Crippen LogP) is 1.10. The summed E-state index contributed by atoms with van der Waals surface area (Å²) in [7, 11) is 1.63. The van der Waals surface area contributed by atoms with E-state index in [-0.39, 0.29) is 6.04 Å². The zero-order chi connectivity index (χ0) is 11.4. The summed E-state index contributed by atoms with van der Waals surface area (Å²) >= 11 is 1.16. The van der Waals surface area contributed by atoms with Crippen LogP contribution in [0.1, 0.15) is 17.3 Å². The van der Waals surface area contributed by atoms with Crippen molar-refractivity contribution in [3.05, 3.63) is 41.7 Å². The highest BCUT2D eigenvalue weighted by molar-refractivity contribution is 6.99. The third-order valence-electron chi connectivity index (χ3n) is 2.29. The molecule has 0 saturated carbocycles. The largest absolute Gasteiger partial charge is 0.496 e. The van der Waals surface area contributed by atoms with Gasteiger partial charge in [-0.05, 0) is 6.07 Å². The molecule has 0 aliphatic carbocycles. The second kappa shape index (κ2) is 5.02. The fourth-order valence-corrected chi connectivity index (χ4v) is 1.99. The van der Waals surface area contributed by atoms with Crippen molar-refractivity contribution in [2.75, 3.05) is 7.11 Å². The van der Waals surface area contributed by atoms with Crippen LogP contribution in [-0.4, -0.2) is 15.9 Å². The molecule has 1 unspecified atom stereocenters. The third kappa shape index (κ3) is 2.04. The lowest BCUT2D eigenvalue weighted by atomic mass is 10.0. The molecule has 84 valence electrons. The van der Waals surface area contributed by atoms with Crippen LogP contribution in [0, 0.1) is 0 Å². The Hall–Kier alpha value is -1.50. The van der Waals surface area contributed by atoms with E-state index in [4.69, 9.17) is 10.6 Å². The van der Waals surface area contributed by atoms with Crippen LogP contribution in [0.4, 0.5) is 0 Å². The van der Waals surface area contributed by atoms with Crippen molar-refractivity contribution in [3.63, 3.8) is 0 Å². The lowest BCUT2D eigenvalue weighted by Gasteiger charge is -2.16. The molecule has 1 aromatic heterocycles. The molecule has 0 fully saturated rings. The number of hydrogen-bond acceptors (Lipinski definition) is 6. The lowest BCUT2D eigenvalue weighted by Crippen LogP contribution is -2.29. The number of hydrogen-bond donors (Lipinski definition) is 2. The molecule has 0 amide bonds. The van der Waals surface area contributed by atoms with Gasteiger partial charge in [0.1, 0.15) is 5.75 Å². The fraction of sp³-hybridized carbons (Fsp3) is 0.200. The van der Waals surface area contributed by atoms with Crippen LogP contribution in [0.2, 0.25) is 0 Å². The average molecular weight is 236 g/mol. The lowest BCUT2D eigenvalue weighted by molar-refractivity contribution is 0.404. The van der Waals surface area contributed by atoms with Crippen LogP contribution in [-0.2, 0) is 0 Å². The second-order valence-electron chi connectivity index (χ2n) is 3.17. The first-order valence-electron chi connectivity index (χ1n) is 4.73. The number of methoxy groups -OCH3 is 1. The van der Waals surface area contributed by atoms with Crippen LogP contribution in [0.25, 0.3) is 0 Å². The van der Waals surface area contributed by atoms with Gasteiger partial charge in [0.2, 0.25) is 0 Å². The quantitative estimate of drug-likeness (QED) is 0.614. The van der Waals surface area contributed by atoms with Crippen LogP contribution >= 0.6 is 11.7 Å². The van der Waals surface area contributed by atoms with Gasteiger partial charge in [-0.1, -0.05) is 18.2 Å². The summed E-state index contributed by atoms with van der Waals surface area (Å²) in [4.78, 5) is 0. The summed E-state index contributed by atoms with van der Waals surface area (Å²) in [6.45, 7) is 0. The molecule has 2 aromatic rings. The van der Waals surface area contributed by atoms with Crippen molar-refractivity contribution in [2.24, 2.45) is 5.84 Å². The maximum absolute atomic E-state index is 5.55. The molecule has 0 saturated heterocycles. The van der Waals surface area contributed by atoms with Gasteiger partial charge in [0.25, 0.3) is 0 Å². The van der Waals surface area contributed by atoms with E-state index in [0.29, 0.717) is 0 Å². The van der Waals surface area contributed by atoms with E-state index in [9.17, 15) is 0 Å². The smallest absolute Gasteiger partial charge is 0.124 e. The second-order valence-corrected chi connectivity index (χ2v) is 3.73. The van der Waals surface area contributed by atoms with Gasteiger partial charge >= 0.3 is 0 Å². The van der Waals surface area contributed by atoms with E-state index in [0.717, 1.165) is 28.7 Å². The fourth-order valence-electron chi connectivity index (χ4n) is 1.54. The summed E-state index contributed by atoms with van der Waals surface area (Å²) in [5.74, 6) is 6.33. The van der Waals surface area contributed by atoms with E-state index >= 15 is 0 Å². The molecule has 1 aromatic carbocycles. The third-order valence-corrected chi connectivity index (χ3v) is 2.78. The Bertz CT molecular complexity index is 446. The van der Waals surface area contributed by atoms with Gasteiger partial charge in [0.05, 0.1) is 36.8 Å². The molecule has 0 aliphatic heterocycles. The molecule has 6 heteroatoms. The molecule has 0 bridgehead atoms. The van der Waals surface area contributed by atoms with Gasteiger partial charge in [-0.15, -0.1) is 0 Å². The molecule has 2 rings (SSSR count). The van der Waals surface area contributed by atoms with Gasteiger partial charge in [-0.3, -0.25) is 5.84 Å². The minimum atomic E-state index is -0.199. The van der Waals surface area contributed by atoms with Gasteiger partial charge in [0, 0.05) is 5.56 Å². The standard InChI is InChI=1S/C10H12N4OS/c1-15-9-5-3-2-4-7(9)10(13-11)8-6-12-16-14-8/h2-6,10,13H,11H2,1H3. The Labute approximate surface area is 97.6 Å². The van der Waals surface area contributed by atoms with Gasteiger partial charge < -0.3 is 4.74 Å². The van der Waals surface area contributed by atoms with E-state index < -0.39 is 0 Å². The van der Waals surface area contributed by atoms with Crippen LogP contribution in [0.3, 0.4) is 0 Å². The number of hydrazine groups is 1. The maximum atomic E-state index is 5.55. The molecule has 1 heterocycles. The Morgan fingerprint density at radius 3 is 2.88 bits per heavy atom. The molecule has 3 N–H and O–H groups in total. The first kappa shape index (κ1) is 11.0. The summed E-state index contributed by atoms with van der Waals surface area (Å²) in [6, 6.07) is 7.48. The van der Waals surface area contributed by atoms with Crippen LogP contribution in [0.5, 0.6) is 5.75 Å². The van der Waals surface area contributed by atoms with Crippen molar-refractivity contribution in [3.8, 4) is 5.75 Å². The first-order valence-corrected chi connectivity index (χ1v) is 5.46. The SMILES string of the molecule is COc1ccccc1C(NN)c1cnsn1. The molecule has 5 nitrogen and oxygen atoms in total. The summed E-state index contributed by atoms with van der Waals surface area (Å²) in [5.41, 5.74) is 4.45. The molecular formula is C10H12N4OS. The Balaban J connectivity index is 2.41.